The highest BCUT2D eigenvalue weighted by Gasteiger charge is 2.39. The molecule has 1 saturated heterocycles. The highest BCUT2D eigenvalue weighted by molar-refractivity contribution is 8.16. The average Bonchev–Trinajstić information content (AvgIpc) is 2.69. The number of carbonyl (C=O) groups is 2. The third-order valence-corrected chi connectivity index (χ3v) is 4.46. The first kappa shape index (κ1) is 14.6. The van der Waals surface area contributed by atoms with Crippen molar-refractivity contribution in [3.05, 3.63) is 29.3 Å². The van der Waals surface area contributed by atoms with Gasteiger partial charge in [-0.15, -0.1) is 0 Å². The molecule has 1 aliphatic heterocycles. The second-order valence-electron chi connectivity index (χ2n) is 4.65. The zero-order valence-corrected chi connectivity index (χ0v) is 12.4. The Hall–Kier alpha value is -1.82. The van der Waals surface area contributed by atoms with E-state index in [1.807, 2.05) is 32.0 Å². The maximum atomic E-state index is 12.4. The van der Waals surface area contributed by atoms with E-state index in [0.717, 1.165) is 16.8 Å². The van der Waals surface area contributed by atoms with E-state index in [0.29, 0.717) is 5.17 Å². The zero-order chi connectivity index (χ0) is 14.9. The van der Waals surface area contributed by atoms with E-state index < -0.39 is 11.2 Å². The normalized spacial score (nSPS) is 20.8. The Morgan fingerprint density at radius 1 is 1.40 bits per heavy atom. The van der Waals surface area contributed by atoms with Crippen LogP contribution in [-0.4, -0.2) is 34.4 Å². The first-order valence-corrected chi connectivity index (χ1v) is 7.08. The molecule has 1 N–H and O–H groups in total. The number of carboxylic acids is 1. The number of rotatable bonds is 3. The molecule has 6 heteroatoms. The van der Waals surface area contributed by atoms with E-state index in [-0.39, 0.29) is 12.3 Å². The summed E-state index contributed by atoms with van der Waals surface area (Å²) in [4.78, 5) is 28.8. The van der Waals surface area contributed by atoms with Crippen LogP contribution in [0.5, 0.6) is 0 Å². The van der Waals surface area contributed by atoms with Crippen LogP contribution in [0.15, 0.2) is 23.2 Å². The Balaban J connectivity index is 2.36. The lowest BCUT2D eigenvalue weighted by Crippen LogP contribution is -2.32. The van der Waals surface area contributed by atoms with Crippen molar-refractivity contribution in [2.45, 2.75) is 25.5 Å². The van der Waals surface area contributed by atoms with Gasteiger partial charge < -0.3 is 5.11 Å². The van der Waals surface area contributed by atoms with Crippen molar-refractivity contribution in [3.63, 3.8) is 0 Å². The number of anilines is 1. The van der Waals surface area contributed by atoms with Crippen molar-refractivity contribution in [1.82, 2.24) is 0 Å². The third-order valence-electron chi connectivity index (χ3n) is 3.23. The molecular weight excluding hydrogens is 276 g/mol. The topological polar surface area (TPSA) is 70.0 Å². The highest BCUT2D eigenvalue weighted by atomic mass is 32.2. The largest absolute Gasteiger partial charge is 0.481 e. The van der Waals surface area contributed by atoms with Crippen LogP contribution in [0.1, 0.15) is 17.5 Å². The fourth-order valence-corrected chi connectivity index (χ4v) is 3.10. The van der Waals surface area contributed by atoms with Crippen LogP contribution in [0.3, 0.4) is 0 Å². The molecule has 0 radical (unpaired) electrons. The van der Waals surface area contributed by atoms with Crippen molar-refractivity contribution in [3.8, 4) is 0 Å². The summed E-state index contributed by atoms with van der Waals surface area (Å²) in [6.45, 7) is 3.98. The molecule has 20 heavy (non-hydrogen) atoms. The van der Waals surface area contributed by atoms with Gasteiger partial charge in [-0.2, -0.15) is 0 Å². The number of amides is 1. The van der Waals surface area contributed by atoms with Gasteiger partial charge in [0.1, 0.15) is 5.25 Å². The molecule has 1 fully saturated rings. The number of carboxylic acid groups (broad SMARTS) is 1. The molecule has 0 aromatic heterocycles. The summed E-state index contributed by atoms with van der Waals surface area (Å²) in [5.41, 5.74) is 2.96. The minimum Gasteiger partial charge on any atom is -0.481 e. The Morgan fingerprint density at radius 2 is 2.10 bits per heavy atom. The van der Waals surface area contributed by atoms with E-state index in [1.165, 1.54) is 16.7 Å². The lowest BCUT2D eigenvalue weighted by atomic mass is 10.1. The number of thioether (sulfide) groups is 1. The molecular formula is C14H16N2O3S. The lowest BCUT2D eigenvalue weighted by molar-refractivity contribution is -0.138. The highest BCUT2D eigenvalue weighted by Crippen LogP contribution is 2.34. The Labute approximate surface area is 121 Å². The molecule has 1 heterocycles. The molecule has 5 nitrogen and oxygen atoms in total. The fraction of sp³-hybridized carbons (Fsp3) is 0.357. The van der Waals surface area contributed by atoms with Crippen molar-refractivity contribution in [1.29, 1.82) is 0 Å². The number of aryl methyl sites for hydroxylation is 2. The molecule has 1 atom stereocenters. The summed E-state index contributed by atoms with van der Waals surface area (Å²) >= 11 is 1.21. The number of hydrogen-bond acceptors (Lipinski definition) is 4. The minimum atomic E-state index is -0.978. The van der Waals surface area contributed by atoms with Crippen molar-refractivity contribution < 1.29 is 14.7 Å². The molecule has 0 bridgehead atoms. The van der Waals surface area contributed by atoms with Crippen molar-refractivity contribution >= 4 is 34.5 Å². The monoisotopic (exact) mass is 292 g/mol. The van der Waals surface area contributed by atoms with E-state index in [9.17, 15) is 9.59 Å². The first-order chi connectivity index (χ1) is 9.43. The number of hydrogen-bond donors (Lipinski definition) is 1. The Bertz CT molecular complexity index is 598. The van der Waals surface area contributed by atoms with Gasteiger partial charge in [0.15, 0.2) is 5.17 Å². The Morgan fingerprint density at radius 3 is 2.65 bits per heavy atom. The minimum absolute atomic E-state index is 0.191. The predicted octanol–water partition coefficient (Wildman–Crippen LogP) is 2.21. The van der Waals surface area contributed by atoms with Crippen LogP contribution in [0.2, 0.25) is 0 Å². The number of carbonyl (C=O) groups excluding carboxylic acids is 1. The van der Waals surface area contributed by atoms with E-state index >= 15 is 0 Å². The van der Waals surface area contributed by atoms with Crippen LogP contribution in [-0.2, 0) is 9.59 Å². The van der Waals surface area contributed by atoms with Gasteiger partial charge in [-0.1, -0.05) is 17.8 Å². The summed E-state index contributed by atoms with van der Waals surface area (Å²) in [5.74, 6) is -1.20. The molecule has 1 aliphatic rings. The SMILES string of the molecule is CN=C1S[C@H](CC(=O)O)C(=O)N1c1ccc(C)c(C)c1. The van der Waals surface area contributed by atoms with E-state index in [2.05, 4.69) is 4.99 Å². The van der Waals surface area contributed by atoms with Crippen LogP contribution < -0.4 is 4.90 Å². The van der Waals surface area contributed by atoms with E-state index in [1.54, 1.807) is 7.05 Å². The quantitative estimate of drug-likeness (QED) is 0.927. The first-order valence-electron chi connectivity index (χ1n) is 6.20. The van der Waals surface area contributed by atoms with Crippen LogP contribution in [0.4, 0.5) is 5.69 Å². The number of aliphatic carboxylic acids is 1. The van der Waals surface area contributed by atoms with Gasteiger partial charge in [0.2, 0.25) is 5.91 Å². The lowest BCUT2D eigenvalue weighted by Gasteiger charge is -2.17. The van der Waals surface area contributed by atoms with Gasteiger partial charge in [0, 0.05) is 7.05 Å². The molecule has 1 amide bonds. The van der Waals surface area contributed by atoms with Crippen LogP contribution >= 0.6 is 11.8 Å². The predicted molar refractivity (Wildman–Crippen MR) is 80.4 cm³/mol. The second kappa shape index (κ2) is 5.66. The molecule has 0 saturated carbocycles. The number of aliphatic imine (C=N–C) groups is 1. The second-order valence-corrected chi connectivity index (χ2v) is 5.82. The van der Waals surface area contributed by atoms with Crippen molar-refractivity contribution in [2.24, 2.45) is 4.99 Å². The van der Waals surface area contributed by atoms with Crippen LogP contribution in [0, 0.1) is 13.8 Å². The molecule has 2 rings (SSSR count). The molecule has 1 aromatic rings. The molecule has 106 valence electrons. The summed E-state index contributed by atoms with van der Waals surface area (Å²) in [6.07, 6.45) is -0.191. The molecule has 0 unspecified atom stereocenters. The standard InChI is InChI=1S/C14H16N2O3S/c1-8-4-5-10(6-9(8)2)16-13(19)11(7-12(17)18)20-14(16)15-3/h4-6,11H,7H2,1-3H3,(H,17,18)/t11-/m1/s1. The van der Waals surface area contributed by atoms with Crippen molar-refractivity contribution in [2.75, 3.05) is 11.9 Å². The average molecular weight is 292 g/mol. The number of amidine groups is 1. The third kappa shape index (κ3) is 2.70. The van der Waals surface area contributed by atoms with Gasteiger partial charge in [0.25, 0.3) is 0 Å². The summed E-state index contributed by atoms with van der Waals surface area (Å²) in [6, 6.07) is 5.72. The molecule has 1 aromatic carbocycles. The van der Waals surface area contributed by atoms with Crippen LogP contribution in [0.25, 0.3) is 0 Å². The summed E-state index contributed by atoms with van der Waals surface area (Å²) in [5, 5.41) is 8.81. The molecule has 0 spiro atoms. The summed E-state index contributed by atoms with van der Waals surface area (Å²) < 4.78 is 0. The van der Waals surface area contributed by atoms with Gasteiger partial charge in [-0.05, 0) is 37.1 Å². The maximum absolute atomic E-state index is 12.4. The van der Waals surface area contributed by atoms with E-state index in [4.69, 9.17) is 5.11 Å². The smallest absolute Gasteiger partial charge is 0.305 e. The maximum Gasteiger partial charge on any atom is 0.305 e. The fourth-order valence-electron chi connectivity index (χ4n) is 2.01. The van der Waals surface area contributed by atoms with Gasteiger partial charge in [-0.25, -0.2) is 0 Å². The Kier molecular flexibility index (Phi) is 4.13. The van der Waals surface area contributed by atoms with Gasteiger partial charge in [0.05, 0.1) is 12.1 Å². The van der Waals surface area contributed by atoms with Gasteiger partial charge >= 0.3 is 5.97 Å². The summed E-state index contributed by atoms with van der Waals surface area (Å²) in [7, 11) is 1.60. The number of benzene rings is 1. The van der Waals surface area contributed by atoms with Gasteiger partial charge in [-0.3, -0.25) is 19.5 Å². The zero-order valence-electron chi connectivity index (χ0n) is 11.6. The molecule has 0 aliphatic carbocycles. The number of nitrogens with zero attached hydrogens (tertiary/aromatic N) is 2.